The molecule has 1 saturated heterocycles. The summed E-state index contributed by atoms with van der Waals surface area (Å²) >= 11 is 0. The van der Waals surface area contributed by atoms with Crippen molar-refractivity contribution >= 4 is 22.9 Å². The molecule has 0 amide bonds. The molecule has 1 fully saturated rings. The fourth-order valence-electron chi connectivity index (χ4n) is 2.39. The highest BCUT2D eigenvalue weighted by atomic mass is 19.4. The van der Waals surface area contributed by atoms with Crippen LogP contribution in [0.2, 0.25) is 0 Å². The van der Waals surface area contributed by atoms with Crippen LogP contribution in [0.25, 0.3) is 0 Å². The number of alkyl halides is 3. The lowest BCUT2D eigenvalue weighted by atomic mass is 10.1. The predicted molar refractivity (Wildman–Crippen MR) is 89.7 cm³/mol. The molecule has 10 heteroatoms. The number of anilines is 2. The summed E-state index contributed by atoms with van der Waals surface area (Å²) in [5.41, 5.74) is 7.08. The number of halogens is 3. The van der Waals surface area contributed by atoms with Crippen LogP contribution >= 0.6 is 0 Å². The molecule has 1 aliphatic rings. The van der Waals surface area contributed by atoms with Gasteiger partial charge in [0.15, 0.2) is 5.84 Å². The first-order chi connectivity index (χ1) is 11.7. The molecule has 4 N–H and O–H groups in total. The number of nitriles is 1. The summed E-state index contributed by atoms with van der Waals surface area (Å²) < 4.78 is 39.0. The number of benzene rings is 1. The summed E-state index contributed by atoms with van der Waals surface area (Å²) in [7, 11) is 1.97. The SMILES string of the molecule is CN1CCN(c2ccc(C(F)(F)F)cc2N/N=C(\C#N)C(=N)N)CC1. The van der Waals surface area contributed by atoms with E-state index in [1.54, 1.807) is 6.07 Å². The zero-order valence-corrected chi connectivity index (χ0v) is 13.6. The van der Waals surface area contributed by atoms with Gasteiger partial charge in [-0.3, -0.25) is 10.8 Å². The molecule has 0 aliphatic carbocycles. The zero-order valence-electron chi connectivity index (χ0n) is 13.6. The number of likely N-dealkylation sites (N-methyl/N-ethyl adjacent to an activating group) is 1. The predicted octanol–water partition coefficient (Wildman–Crippen LogP) is 1.68. The van der Waals surface area contributed by atoms with E-state index in [1.807, 2.05) is 11.9 Å². The molecule has 25 heavy (non-hydrogen) atoms. The van der Waals surface area contributed by atoms with Gasteiger partial charge in [-0.25, -0.2) is 0 Å². The largest absolute Gasteiger partial charge is 0.416 e. The van der Waals surface area contributed by atoms with Crippen LogP contribution in [-0.2, 0) is 6.18 Å². The standard InChI is InChI=1S/C15H18F3N7/c1-24-4-6-25(7-5-24)13-3-2-10(15(16,17)18)8-11(13)22-23-12(9-19)14(20)21/h2-3,8,22H,4-7H2,1H3,(H3,20,21)/b23-12+. The second kappa shape index (κ2) is 7.40. The molecule has 0 bridgehead atoms. The monoisotopic (exact) mass is 353 g/mol. The van der Waals surface area contributed by atoms with Crippen LogP contribution in [0.15, 0.2) is 23.3 Å². The topological polar surface area (TPSA) is 105 Å². The minimum atomic E-state index is -4.50. The van der Waals surface area contributed by atoms with Crippen molar-refractivity contribution in [1.29, 1.82) is 10.7 Å². The van der Waals surface area contributed by atoms with E-state index in [2.05, 4.69) is 15.4 Å². The quantitative estimate of drug-likeness (QED) is 0.434. The Kier molecular flexibility index (Phi) is 5.48. The van der Waals surface area contributed by atoms with Crippen molar-refractivity contribution in [2.45, 2.75) is 6.18 Å². The third-order valence-corrected chi connectivity index (χ3v) is 3.82. The van der Waals surface area contributed by atoms with E-state index in [-0.39, 0.29) is 5.69 Å². The third-order valence-electron chi connectivity index (χ3n) is 3.82. The van der Waals surface area contributed by atoms with Gasteiger partial charge in [-0.05, 0) is 25.2 Å². The smallest absolute Gasteiger partial charge is 0.382 e. The summed E-state index contributed by atoms with van der Waals surface area (Å²) in [6, 6.07) is 4.95. The van der Waals surface area contributed by atoms with Gasteiger partial charge in [0.05, 0.1) is 16.9 Å². The van der Waals surface area contributed by atoms with Gasteiger partial charge in [0.1, 0.15) is 6.07 Å². The Labute approximate surface area is 143 Å². The number of rotatable bonds is 4. The highest BCUT2D eigenvalue weighted by Gasteiger charge is 2.31. The number of amidine groups is 1. The molecule has 0 unspecified atom stereocenters. The highest BCUT2D eigenvalue weighted by Crippen LogP contribution is 2.35. The Hall–Kier alpha value is -2.80. The van der Waals surface area contributed by atoms with Crippen LogP contribution in [0.5, 0.6) is 0 Å². The van der Waals surface area contributed by atoms with Crippen LogP contribution in [-0.4, -0.2) is 49.7 Å². The number of nitrogens with zero attached hydrogens (tertiary/aromatic N) is 4. The Morgan fingerprint density at radius 3 is 2.48 bits per heavy atom. The van der Waals surface area contributed by atoms with Crippen molar-refractivity contribution in [2.24, 2.45) is 10.8 Å². The van der Waals surface area contributed by atoms with E-state index in [9.17, 15) is 13.2 Å². The molecule has 0 saturated carbocycles. The van der Waals surface area contributed by atoms with E-state index >= 15 is 0 Å². The fraction of sp³-hybridized carbons (Fsp3) is 0.400. The maximum absolute atomic E-state index is 13.0. The first-order valence-corrected chi connectivity index (χ1v) is 7.45. The van der Waals surface area contributed by atoms with Crippen LogP contribution in [0.4, 0.5) is 24.5 Å². The van der Waals surface area contributed by atoms with Crippen molar-refractivity contribution in [1.82, 2.24) is 4.90 Å². The number of hydrazone groups is 1. The first-order valence-electron chi connectivity index (χ1n) is 7.45. The van der Waals surface area contributed by atoms with Crippen molar-refractivity contribution in [3.8, 4) is 6.07 Å². The molecule has 0 atom stereocenters. The molecule has 1 aliphatic heterocycles. The molecular weight excluding hydrogens is 335 g/mol. The van der Waals surface area contributed by atoms with Crippen molar-refractivity contribution < 1.29 is 13.2 Å². The summed E-state index contributed by atoms with van der Waals surface area (Å²) in [4.78, 5) is 4.06. The number of hydrogen-bond donors (Lipinski definition) is 3. The normalized spacial score (nSPS) is 16.4. The van der Waals surface area contributed by atoms with Crippen LogP contribution in [0.3, 0.4) is 0 Å². The Bertz CT molecular complexity index is 713. The molecule has 0 radical (unpaired) electrons. The fourth-order valence-corrected chi connectivity index (χ4v) is 2.39. The minimum absolute atomic E-state index is 0.105. The Morgan fingerprint density at radius 1 is 1.32 bits per heavy atom. The minimum Gasteiger partial charge on any atom is -0.382 e. The average Bonchev–Trinajstić information content (AvgIpc) is 2.55. The van der Waals surface area contributed by atoms with Gasteiger partial charge in [0, 0.05) is 26.2 Å². The van der Waals surface area contributed by atoms with Crippen molar-refractivity contribution in [3.05, 3.63) is 23.8 Å². The van der Waals surface area contributed by atoms with Gasteiger partial charge < -0.3 is 15.5 Å². The van der Waals surface area contributed by atoms with E-state index < -0.39 is 23.3 Å². The Morgan fingerprint density at radius 2 is 1.96 bits per heavy atom. The lowest BCUT2D eigenvalue weighted by Gasteiger charge is -2.35. The summed E-state index contributed by atoms with van der Waals surface area (Å²) in [6.07, 6.45) is -4.50. The number of nitrogens with two attached hydrogens (primary N) is 1. The average molecular weight is 353 g/mol. The second-order valence-corrected chi connectivity index (χ2v) is 5.62. The lowest BCUT2D eigenvalue weighted by molar-refractivity contribution is -0.137. The third kappa shape index (κ3) is 4.60. The van der Waals surface area contributed by atoms with Gasteiger partial charge in [0.25, 0.3) is 0 Å². The summed E-state index contributed by atoms with van der Waals surface area (Å²) in [6.45, 7) is 2.86. The van der Waals surface area contributed by atoms with Gasteiger partial charge in [-0.1, -0.05) is 0 Å². The number of nitrogens with one attached hydrogen (secondary N) is 2. The van der Waals surface area contributed by atoms with Gasteiger partial charge in [-0.2, -0.15) is 23.5 Å². The van der Waals surface area contributed by atoms with Gasteiger partial charge in [0.2, 0.25) is 5.71 Å². The van der Waals surface area contributed by atoms with Gasteiger partial charge >= 0.3 is 6.18 Å². The molecule has 1 aromatic rings. The van der Waals surface area contributed by atoms with Crippen LogP contribution < -0.4 is 16.1 Å². The van der Waals surface area contributed by atoms with E-state index in [0.717, 1.165) is 25.2 Å². The van der Waals surface area contributed by atoms with Crippen molar-refractivity contribution in [2.75, 3.05) is 43.6 Å². The maximum Gasteiger partial charge on any atom is 0.416 e. The summed E-state index contributed by atoms with van der Waals surface area (Å²) in [5.74, 6) is -0.567. The highest BCUT2D eigenvalue weighted by molar-refractivity contribution is 6.45. The molecule has 0 aromatic heterocycles. The number of piperazine rings is 1. The molecule has 1 aromatic carbocycles. The van der Waals surface area contributed by atoms with E-state index in [4.69, 9.17) is 16.4 Å². The molecular formula is C15H18F3N7. The van der Waals surface area contributed by atoms with Crippen molar-refractivity contribution in [3.63, 3.8) is 0 Å². The first kappa shape index (κ1) is 18.5. The Balaban J connectivity index is 2.38. The zero-order chi connectivity index (χ0) is 18.6. The van der Waals surface area contributed by atoms with E-state index in [1.165, 1.54) is 6.07 Å². The molecule has 7 nitrogen and oxygen atoms in total. The molecule has 134 valence electrons. The van der Waals surface area contributed by atoms with Crippen LogP contribution in [0, 0.1) is 16.7 Å². The molecule has 0 spiro atoms. The molecule has 2 rings (SSSR count). The summed E-state index contributed by atoms with van der Waals surface area (Å²) in [5, 5.41) is 19.7. The van der Waals surface area contributed by atoms with Crippen LogP contribution in [0.1, 0.15) is 5.56 Å². The maximum atomic E-state index is 13.0. The van der Waals surface area contributed by atoms with Gasteiger partial charge in [-0.15, -0.1) is 0 Å². The molecule has 1 heterocycles. The number of hydrogen-bond acceptors (Lipinski definition) is 6. The van der Waals surface area contributed by atoms with E-state index in [0.29, 0.717) is 18.8 Å². The second-order valence-electron chi connectivity index (χ2n) is 5.62. The lowest BCUT2D eigenvalue weighted by Crippen LogP contribution is -2.44.